The number of carbonyl (C=O) groups is 1. The molecule has 0 saturated carbocycles. The maximum Gasteiger partial charge on any atom is 0.219 e. The molecule has 21 heavy (non-hydrogen) atoms. The third kappa shape index (κ3) is 3.21. The average Bonchev–Trinajstić information content (AvgIpc) is 2.49. The van der Waals surface area contributed by atoms with Crippen molar-refractivity contribution in [3.05, 3.63) is 17.4 Å². The number of aromatic nitrogens is 1. The Hall–Kier alpha value is -2.36. The lowest BCUT2D eigenvalue weighted by molar-refractivity contribution is -0.129. The van der Waals surface area contributed by atoms with Crippen LogP contribution in [0, 0.1) is 17.1 Å². The van der Waals surface area contributed by atoms with Gasteiger partial charge in [-0.25, -0.2) is 9.37 Å². The molecule has 1 aliphatic rings. The van der Waals surface area contributed by atoms with Crippen LogP contribution >= 0.6 is 0 Å². The number of nitrogens with zero attached hydrogens (tertiary/aromatic N) is 4. The first-order chi connectivity index (χ1) is 10.1. The Morgan fingerprint density at radius 1 is 1.48 bits per heavy atom. The van der Waals surface area contributed by atoms with Gasteiger partial charge in [-0.1, -0.05) is 0 Å². The summed E-state index contributed by atoms with van der Waals surface area (Å²) in [5.41, 5.74) is 0.195. The second-order valence-corrected chi connectivity index (χ2v) is 4.83. The van der Waals surface area contributed by atoms with Crippen LogP contribution in [-0.4, -0.2) is 48.5 Å². The number of rotatable bonds is 3. The fraction of sp³-hybridized carbons (Fsp3) is 0.500. The predicted molar refractivity (Wildman–Crippen MR) is 77.5 cm³/mol. The molecule has 1 aromatic rings. The zero-order valence-electron chi connectivity index (χ0n) is 12.2. The highest BCUT2D eigenvalue weighted by molar-refractivity contribution is 5.73. The molecule has 2 heterocycles. The Bertz CT molecular complexity index is 575. The van der Waals surface area contributed by atoms with Gasteiger partial charge in [0.05, 0.1) is 5.56 Å². The number of halogens is 1. The summed E-state index contributed by atoms with van der Waals surface area (Å²) in [6.07, 6.45) is 0. The van der Waals surface area contributed by atoms with E-state index in [1.54, 1.807) is 9.80 Å². The van der Waals surface area contributed by atoms with E-state index in [4.69, 9.17) is 5.26 Å². The first-order valence-corrected chi connectivity index (χ1v) is 6.91. The highest BCUT2D eigenvalue weighted by Crippen LogP contribution is 2.24. The summed E-state index contributed by atoms with van der Waals surface area (Å²) < 4.78 is 14.1. The molecule has 0 radical (unpaired) electrons. The van der Waals surface area contributed by atoms with Gasteiger partial charge in [0.1, 0.15) is 11.9 Å². The first kappa shape index (κ1) is 15.0. The molecule has 7 heteroatoms. The molecule has 1 fully saturated rings. The highest BCUT2D eigenvalue weighted by Gasteiger charge is 2.23. The second kappa shape index (κ2) is 6.39. The molecule has 1 aromatic heterocycles. The minimum absolute atomic E-state index is 0.0243. The van der Waals surface area contributed by atoms with Gasteiger partial charge in [-0.3, -0.25) is 4.79 Å². The van der Waals surface area contributed by atoms with Crippen LogP contribution in [0.5, 0.6) is 0 Å². The molecule has 1 aliphatic heterocycles. The van der Waals surface area contributed by atoms with Gasteiger partial charge in [-0.15, -0.1) is 0 Å². The van der Waals surface area contributed by atoms with E-state index in [0.717, 1.165) is 0 Å². The van der Waals surface area contributed by atoms with Crippen molar-refractivity contribution >= 4 is 17.5 Å². The van der Waals surface area contributed by atoms with Crippen LogP contribution < -0.4 is 10.2 Å². The SMILES string of the molecule is CCNc1nc(N2CCN(C(C)=O)CC2)c(F)cc1C#N. The lowest BCUT2D eigenvalue weighted by Gasteiger charge is -2.35. The standard InChI is InChI=1S/C14H18FN5O/c1-3-17-13-11(9-16)8-12(15)14(18-13)20-6-4-19(5-7-20)10(2)21/h8H,3-7H2,1-2H3,(H,17,18). The molecule has 6 nitrogen and oxygen atoms in total. The van der Waals surface area contributed by atoms with Gasteiger partial charge in [0.25, 0.3) is 0 Å². The van der Waals surface area contributed by atoms with Gasteiger partial charge < -0.3 is 15.1 Å². The van der Waals surface area contributed by atoms with E-state index in [9.17, 15) is 9.18 Å². The van der Waals surface area contributed by atoms with Crippen LogP contribution in [0.4, 0.5) is 16.0 Å². The second-order valence-electron chi connectivity index (χ2n) is 4.83. The molecule has 2 rings (SSSR count). The third-order valence-corrected chi connectivity index (χ3v) is 3.45. The molecule has 112 valence electrons. The first-order valence-electron chi connectivity index (χ1n) is 6.91. The zero-order chi connectivity index (χ0) is 15.4. The fourth-order valence-corrected chi connectivity index (χ4v) is 2.32. The maximum absolute atomic E-state index is 14.1. The largest absolute Gasteiger partial charge is 0.369 e. The van der Waals surface area contributed by atoms with Crippen molar-refractivity contribution in [1.82, 2.24) is 9.88 Å². The van der Waals surface area contributed by atoms with Crippen molar-refractivity contribution in [3.8, 4) is 6.07 Å². The van der Waals surface area contributed by atoms with Crippen LogP contribution in [0.15, 0.2) is 6.07 Å². The van der Waals surface area contributed by atoms with Crippen molar-refractivity contribution < 1.29 is 9.18 Å². The number of hydrogen-bond acceptors (Lipinski definition) is 5. The summed E-state index contributed by atoms with van der Waals surface area (Å²) in [4.78, 5) is 19.1. The summed E-state index contributed by atoms with van der Waals surface area (Å²) >= 11 is 0. The molecule has 0 bridgehead atoms. The quantitative estimate of drug-likeness (QED) is 0.905. The molecule has 1 amide bonds. The Labute approximate surface area is 123 Å². The summed E-state index contributed by atoms with van der Waals surface area (Å²) in [7, 11) is 0. The molecule has 0 unspecified atom stereocenters. The average molecular weight is 291 g/mol. The van der Waals surface area contributed by atoms with Crippen LogP contribution in [0.25, 0.3) is 0 Å². The third-order valence-electron chi connectivity index (χ3n) is 3.45. The predicted octanol–water partition coefficient (Wildman–Crippen LogP) is 1.19. The number of pyridine rings is 1. The minimum Gasteiger partial charge on any atom is -0.369 e. The fourth-order valence-electron chi connectivity index (χ4n) is 2.32. The number of nitrogens with one attached hydrogen (secondary N) is 1. The maximum atomic E-state index is 14.1. The zero-order valence-corrected chi connectivity index (χ0v) is 12.2. The van der Waals surface area contributed by atoms with E-state index in [0.29, 0.717) is 38.5 Å². The molecular weight excluding hydrogens is 273 g/mol. The Kier molecular flexibility index (Phi) is 4.58. The van der Waals surface area contributed by atoms with Gasteiger partial charge >= 0.3 is 0 Å². The molecule has 0 spiro atoms. The highest BCUT2D eigenvalue weighted by atomic mass is 19.1. The Balaban J connectivity index is 2.22. The smallest absolute Gasteiger partial charge is 0.219 e. The number of piperazine rings is 1. The lowest BCUT2D eigenvalue weighted by atomic mass is 10.2. The number of nitriles is 1. The minimum atomic E-state index is -0.510. The Morgan fingerprint density at radius 3 is 2.67 bits per heavy atom. The van der Waals surface area contributed by atoms with Crippen molar-refractivity contribution in [2.45, 2.75) is 13.8 Å². The van der Waals surface area contributed by atoms with Crippen molar-refractivity contribution in [2.24, 2.45) is 0 Å². The molecule has 0 atom stereocenters. The van der Waals surface area contributed by atoms with Gasteiger partial charge in [-0.2, -0.15) is 5.26 Å². The van der Waals surface area contributed by atoms with Gasteiger partial charge in [-0.05, 0) is 13.0 Å². The van der Waals surface area contributed by atoms with Crippen molar-refractivity contribution in [3.63, 3.8) is 0 Å². The van der Waals surface area contributed by atoms with Crippen LogP contribution in [0.2, 0.25) is 0 Å². The molecule has 0 aliphatic carbocycles. The van der Waals surface area contributed by atoms with Crippen LogP contribution in [-0.2, 0) is 4.79 Å². The van der Waals surface area contributed by atoms with Crippen LogP contribution in [0.3, 0.4) is 0 Å². The van der Waals surface area contributed by atoms with E-state index in [1.807, 2.05) is 13.0 Å². The number of hydrogen-bond donors (Lipinski definition) is 1. The Morgan fingerprint density at radius 2 is 2.14 bits per heavy atom. The summed E-state index contributed by atoms with van der Waals surface area (Å²) in [5.74, 6) is 0.138. The topological polar surface area (TPSA) is 72.3 Å². The van der Waals surface area contributed by atoms with Gasteiger partial charge in [0.2, 0.25) is 5.91 Å². The normalized spacial score (nSPS) is 14.8. The van der Waals surface area contributed by atoms with E-state index in [2.05, 4.69) is 10.3 Å². The van der Waals surface area contributed by atoms with Crippen molar-refractivity contribution in [2.75, 3.05) is 42.9 Å². The van der Waals surface area contributed by atoms with E-state index < -0.39 is 5.82 Å². The molecular formula is C14H18FN5O. The van der Waals surface area contributed by atoms with E-state index in [-0.39, 0.29) is 17.3 Å². The molecule has 1 saturated heterocycles. The van der Waals surface area contributed by atoms with Gasteiger partial charge in [0.15, 0.2) is 11.6 Å². The number of anilines is 2. The molecule has 0 aromatic carbocycles. The van der Waals surface area contributed by atoms with Crippen molar-refractivity contribution in [1.29, 1.82) is 5.26 Å². The van der Waals surface area contributed by atoms with Crippen LogP contribution in [0.1, 0.15) is 19.4 Å². The van der Waals surface area contributed by atoms with Gasteiger partial charge in [0, 0.05) is 39.6 Å². The monoisotopic (exact) mass is 291 g/mol. The summed E-state index contributed by atoms with van der Waals surface area (Å²) in [6.45, 7) is 6.17. The lowest BCUT2D eigenvalue weighted by Crippen LogP contribution is -2.48. The summed E-state index contributed by atoms with van der Waals surface area (Å²) in [6, 6.07) is 3.14. The number of amides is 1. The summed E-state index contributed by atoms with van der Waals surface area (Å²) in [5, 5.41) is 12.0. The van der Waals surface area contributed by atoms with E-state index >= 15 is 0 Å². The molecule has 1 N–H and O–H groups in total. The van der Waals surface area contributed by atoms with E-state index in [1.165, 1.54) is 13.0 Å². The number of carbonyl (C=O) groups excluding carboxylic acids is 1.